The maximum absolute atomic E-state index is 12.5. The standard InChI is InChI=1S/C20H17N3O3/c1-14-3-5-15(6-4-14)19(24)23(2)16-7-9-17(10-8-16)26-20(25)18-13-21-11-12-22-18/h3-13H,1-2H3. The Morgan fingerprint density at radius 3 is 2.27 bits per heavy atom. The molecule has 26 heavy (non-hydrogen) atoms. The van der Waals surface area contributed by atoms with Crippen LogP contribution in [0.15, 0.2) is 67.1 Å². The van der Waals surface area contributed by atoms with Gasteiger partial charge >= 0.3 is 5.97 Å². The molecule has 2 aromatic carbocycles. The van der Waals surface area contributed by atoms with Gasteiger partial charge < -0.3 is 9.64 Å². The number of aromatic nitrogens is 2. The second-order valence-corrected chi connectivity index (χ2v) is 5.70. The van der Waals surface area contributed by atoms with E-state index >= 15 is 0 Å². The first-order valence-corrected chi connectivity index (χ1v) is 7.97. The zero-order valence-electron chi connectivity index (χ0n) is 14.4. The van der Waals surface area contributed by atoms with Crippen molar-refractivity contribution >= 4 is 17.6 Å². The lowest BCUT2D eigenvalue weighted by atomic mass is 10.1. The highest BCUT2D eigenvalue weighted by molar-refractivity contribution is 6.05. The summed E-state index contributed by atoms with van der Waals surface area (Å²) >= 11 is 0. The van der Waals surface area contributed by atoms with E-state index in [1.54, 1.807) is 48.3 Å². The number of hydrogen-bond donors (Lipinski definition) is 0. The highest BCUT2D eigenvalue weighted by atomic mass is 16.5. The topological polar surface area (TPSA) is 72.4 Å². The van der Waals surface area contributed by atoms with Crippen molar-refractivity contribution in [1.82, 2.24) is 9.97 Å². The van der Waals surface area contributed by atoms with Gasteiger partial charge in [0.25, 0.3) is 5.91 Å². The number of anilines is 1. The Morgan fingerprint density at radius 1 is 0.962 bits per heavy atom. The third-order valence-electron chi connectivity index (χ3n) is 3.81. The number of hydrogen-bond acceptors (Lipinski definition) is 5. The summed E-state index contributed by atoms with van der Waals surface area (Å²) in [7, 11) is 1.70. The van der Waals surface area contributed by atoms with Crippen molar-refractivity contribution in [2.45, 2.75) is 6.92 Å². The highest BCUT2D eigenvalue weighted by Gasteiger charge is 2.14. The molecular formula is C20H17N3O3. The SMILES string of the molecule is Cc1ccc(C(=O)N(C)c2ccc(OC(=O)c3cnccn3)cc2)cc1. The summed E-state index contributed by atoms with van der Waals surface area (Å²) < 4.78 is 5.25. The van der Waals surface area contributed by atoms with Crippen LogP contribution in [0.5, 0.6) is 5.75 Å². The number of nitrogens with zero attached hydrogens (tertiary/aromatic N) is 3. The zero-order chi connectivity index (χ0) is 18.5. The van der Waals surface area contributed by atoms with Crippen LogP contribution in [0.25, 0.3) is 0 Å². The highest BCUT2D eigenvalue weighted by Crippen LogP contribution is 2.21. The van der Waals surface area contributed by atoms with E-state index in [0.29, 0.717) is 17.0 Å². The Labute approximate surface area is 151 Å². The molecule has 1 aromatic heterocycles. The van der Waals surface area contributed by atoms with Gasteiger partial charge in [0.2, 0.25) is 0 Å². The summed E-state index contributed by atoms with van der Waals surface area (Å²) in [5.74, 6) is -0.343. The van der Waals surface area contributed by atoms with Gasteiger partial charge in [0.15, 0.2) is 5.69 Å². The molecule has 0 saturated heterocycles. The van der Waals surface area contributed by atoms with Crippen LogP contribution in [0.4, 0.5) is 5.69 Å². The molecule has 130 valence electrons. The fourth-order valence-electron chi connectivity index (χ4n) is 2.31. The average Bonchev–Trinajstić information content (AvgIpc) is 2.69. The molecule has 0 saturated carbocycles. The van der Waals surface area contributed by atoms with Gasteiger partial charge in [-0.15, -0.1) is 0 Å². The minimum Gasteiger partial charge on any atom is -0.422 e. The lowest BCUT2D eigenvalue weighted by Crippen LogP contribution is -2.26. The second kappa shape index (κ2) is 7.57. The normalized spacial score (nSPS) is 10.2. The van der Waals surface area contributed by atoms with Gasteiger partial charge in [-0.25, -0.2) is 9.78 Å². The molecule has 0 radical (unpaired) electrons. The van der Waals surface area contributed by atoms with Crippen molar-refractivity contribution in [1.29, 1.82) is 0 Å². The van der Waals surface area contributed by atoms with Crippen molar-refractivity contribution in [3.63, 3.8) is 0 Å². The van der Waals surface area contributed by atoms with Gasteiger partial charge in [0.05, 0.1) is 6.20 Å². The van der Waals surface area contributed by atoms with Crippen molar-refractivity contribution in [3.8, 4) is 5.75 Å². The van der Waals surface area contributed by atoms with Gasteiger partial charge in [-0.3, -0.25) is 9.78 Å². The number of benzene rings is 2. The number of carbonyl (C=O) groups is 2. The van der Waals surface area contributed by atoms with Crippen LogP contribution in [0.1, 0.15) is 26.4 Å². The average molecular weight is 347 g/mol. The number of aryl methyl sites for hydroxylation is 1. The number of amides is 1. The van der Waals surface area contributed by atoms with E-state index < -0.39 is 5.97 Å². The van der Waals surface area contributed by atoms with Crippen LogP contribution in [0, 0.1) is 6.92 Å². The summed E-state index contributed by atoms with van der Waals surface area (Å²) in [6, 6.07) is 14.1. The maximum atomic E-state index is 12.5. The molecule has 0 aliphatic heterocycles. The number of carbonyl (C=O) groups excluding carboxylic acids is 2. The minimum atomic E-state index is -0.588. The molecule has 0 atom stereocenters. The summed E-state index contributed by atoms with van der Waals surface area (Å²) in [5, 5.41) is 0. The molecule has 0 spiro atoms. The third-order valence-corrected chi connectivity index (χ3v) is 3.81. The molecule has 6 nitrogen and oxygen atoms in total. The molecule has 3 rings (SSSR count). The molecule has 0 unspecified atom stereocenters. The molecule has 0 aliphatic rings. The van der Waals surface area contributed by atoms with Crippen molar-refractivity contribution in [2.75, 3.05) is 11.9 Å². The van der Waals surface area contributed by atoms with Crippen LogP contribution < -0.4 is 9.64 Å². The van der Waals surface area contributed by atoms with Crippen LogP contribution in [0.3, 0.4) is 0 Å². The molecule has 6 heteroatoms. The number of ether oxygens (including phenoxy) is 1. The number of rotatable bonds is 4. The molecule has 1 amide bonds. The molecule has 3 aromatic rings. The Morgan fingerprint density at radius 2 is 1.65 bits per heavy atom. The van der Waals surface area contributed by atoms with Crippen LogP contribution in [-0.4, -0.2) is 28.9 Å². The smallest absolute Gasteiger partial charge is 0.363 e. The van der Waals surface area contributed by atoms with E-state index in [4.69, 9.17) is 4.74 Å². The molecule has 0 N–H and O–H groups in total. The first-order chi connectivity index (χ1) is 12.5. The van der Waals surface area contributed by atoms with E-state index in [1.165, 1.54) is 18.6 Å². The Bertz CT molecular complexity index is 907. The van der Waals surface area contributed by atoms with E-state index in [0.717, 1.165) is 5.56 Å². The van der Waals surface area contributed by atoms with Crippen molar-refractivity contribution in [2.24, 2.45) is 0 Å². The number of esters is 1. The van der Waals surface area contributed by atoms with Gasteiger partial charge in [0, 0.05) is 30.7 Å². The van der Waals surface area contributed by atoms with Gasteiger partial charge in [-0.2, -0.15) is 0 Å². The molecule has 1 heterocycles. The van der Waals surface area contributed by atoms with Crippen molar-refractivity contribution < 1.29 is 14.3 Å². The lowest BCUT2D eigenvalue weighted by Gasteiger charge is -2.18. The third kappa shape index (κ3) is 3.92. The fourth-order valence-corrected chi connectivity index (χ4v) is 2.31. The molecule has 0 aliphatic carbocycles. The fraction of sp³-hybridized carbons (Fsp3) is 0.100. The van der Waals surface area contributed by atoms with Crippen LogP contribution in [-0.2, 0) is 0 Å². The predicted octanol–water partition coefficient (Wildman–Crippen LogP) is 3.28. The molecule has 0 bridgehead atoms. The monoisotopic (exact) mass is 347 g/mol. The van der Waals surface area contributed by atoms with Crippen molar-refractivity contribution in [3.05, 3.63) is 83.9 Å². The minimum absolute atomic E-state index is 0.116. The quantitative estimate of drug-likeness (QED) is 0.535. The molecular weight excluding hydrogens is 330 g/mol. The first-order valence-electron chi connectivity index (χ1n) is 7.97. The van der Waals surface area contributed by atoms with E-state index in [-0.39, 0.29) is 11.6 Å². The van der Waals surface area contributed by atoms with Crippen LogP contribution >= 0.6 is 0 Å². The summed E-state index contributed by atoms with van der Waals surface area (Å²) in [6.07, 6.45) is 4.24. The zero-order valence-corrected chi connectivity index (χ0v) is 14.4. The lowest BCUT2D eigenvalue weighted by molar-refractivity contribution is 0.0727. The summed E-state index contributed by atoms with van der Waals surface area (Å²) in [6.45, 7) is 1.97. The van der Waals surface area contributed by atoms with Gasteiger partial charge in [0.1, 0.15) is 5.75 Å². The van der Waals surface area contributed by atoms with E-state index in [1.807, 2.05) is 19.1 Å². The second-order valence-electron chi connectivity index (χ2n) is 5.70. The first kappa shape index (κ1) is 17.3. The van der Waals surface area contributed by atoms with Crippen LogP contribution in [0.2, 0.25) is 0 Å². The summed E-state index contributed by atoms with van der Waals surface area (Å²) in [5.41, 5.74) is 2.52. The molecule has 0 fully saturated rings. The van der Waals surface area contributed by atoms with E-state index in [9.17, 15) is 9.59 Å². The Kier molecular flexibility index (Phi) is 5.03. The maximum Gasteiger partial charge on any atom is 0.363 e. The predicted molar refractivity (Wildman–Crippen MR) is 97.3 cm³/mol. The Balaban J connectivity index is 1.69. The van der Waals surface area contributed by atoms with Gasteiger partial charge in [-0.05, 0) is 43.3 Å². The largest absolute Gasteiger partial charge is 0.422 e. The van der Waals surface area contributed by atoms with Gasteiger partial charge in [-0.1, -0.05) is 17.7 Å². The van der Waals surface area contributed by atoms with E-state index in [2.05, 4.69) is 9.97 Å². The Hall–Kier alpha value is -3.54. The summed E-state index contributed by atoms with van der Waals surface area (Å²) in [4.78, 5) is 33.8.